The zero-order valence-electron chi connectivity index (χ0n) is 25.3. The number of nitrogens with zero attached hydrogens (tertiary/aromatic N) is 2. The van der Waals surface area contributed by atoms with Crippen molar-refractivity contribution in [3.05, 3.63) is 60.2 Å². The van der Waals surface area contributed by atoms with E-state index in [0.29, 0.717) is 25.1 Å². The summed E-state index contributed by atoms with van der Waals surface area (Å²) < 4.78 is 6.61. The fourth-order valence-corrected chi connectivity index (χ4v) is 8.28. The normalized spacial score (nSPS) is 28.2. The number of hydrogen-bond donors (Lipinski definition) is 3. The SMILES string of the molecule is CCN(CC)c1ccc(NC(=O)C2N([C@@H](CO)CC(C)C)C(=O)[C@@H]3[C@H](C(=O)NCc4ccccc4)[C@H]4OC23CC4Br)cc1. The number of carbonyl (C=O) groups excluding carboxylic acids is 3. The summed E-state index contributed by atoms with van der Waals surface area (Å²) in [4.78, 5) is 45.9. The molecule has 3 aliphatic heterocycles. The van der Waals surface area contributed by atoms with Crippen LogP contribution in [0.15, 0.2) is 54.6 Å². The minimum Gasteiger partial charge on any atom is -0.394 e. The lowest BCUT2D eigenvalue weighted by molar-refractivity contribution is -0.144. The second-order valence-corrected chi connectivity index (χ2v) is 13.5. The molecule has 3 N–H and O–H groups in total. The van der Waals surface area contributed by atoms with Crippen LogP contribution in [-0.4, -0.2) is 76.0 Å². The van der Waals surface area contributed by atoms with Gasteiger partial charge in [0, 0.05) is 35.8 Å². The molecule has 3 heterocycles. The van der Waals surface area contributed by atoms with Gasteiger partial charge in [-0.3, -0.25) is 14.4 Å². The molecule has 10 heteroatoms. The van der Waals surface area contributed by atoms with Crippen LogP contribution < -0.4 is 15.5 Å². The van der Waals surface area contributed by atoms with Crippen molar-refractivity contribution in [2.24, 2.45) is 17.8 Å². The molecule has 3 fully saturated rings. The minimum atomic E-state index is -1.19. The molecule has 0 saturated carbocycles. The summed E-state index contributed by atoms with van der Waals surface area (Å²) in [5.74, 6) is -2.37. The highest BCUT2D eigenvalue weighted by atomic mass is 79.9. The second kappa shape index (κ2) is 13.0. The Bertz CT molecular complexity index is 1300. The molecule has 1 spiro atoms. The Balaban J connectivity index is 1.46. The molecule has 43 heavy (non-hydrogen) atoms. The number of benzene rings is 2. The quantitative estimate of drug-likeness (QED) is 0.299. The molecular formula is C33H43BrN4O5. The predicted octanol–water partition coefficient (Wildman–Crippen LogP) is 3.94. The zero-order chi connectivity index (χ0) is 30.9. The Labute approximate surface area is 262 Å². The third-order valence-electron chi connectivity index (χ3n) is 9.20. The third kappa shape index (κ3) is 5.81. The van der Waals surface area contributed by atoms with Gasteiger partial charge in [0.1, 0.15) is 11.6 Å². The van der Waals surface area contributed by atoms with Crippen LogP contribution in [-0.2, 0) is 25.7 Å². The first-order chi connectivity index (χ1) is 20.6. The van der Waals surface area contributed by atoms with Crippen LogP contribution in [0, 0.1) is 17.8 Å². The van der Waals surface area contributed by atoms with Gasteiger partial charge in [-0.15, -0.1) is 0 Å². The van der Waals surface area contributed by atoms with Crippen molar-refractivity contribution in [3.8, 4) is 0 Å². The molecule has 7 atom stereocenters. The zero-order valence-corrected chi connectivity index (χ0v) is 26.9. The molecule has 5 rings (SSSR count). The summed E-state index contributed by atoms with van der Waals surface area (Å²) in [6, 6.07) is 15.7. The van der Waals surface area contributed by atoms with Gasteiger partial charge in [-0.25, -0.2) is 0 Å². The summed E-state index contributed by atoms with van der Waals surface area (Å²) in [5.41, 5.74) is 1.42. The monoisotopic (exact) mass is 654 g/mol. The summed E-state index contributed by atoms with van der Waals surface area (Å²) in [5, 5.41) is 16.5. The Morgan fingerprint density at radius 3 is 2.37 bits per heavy atom. The Kier molecular flexibility index (Phi) is 9.49. The van der Waals surface area contributed by atoms with Crippen LogP contribution >= 0.6 is 15.9 Å². The van der Waals surface area contributed by atoms with Crippen LogP contribution in [0.1, 0.15) is 46.1 Å². The first-order valence-electron chi connectivity index (χ1n) is 15.4. The number of aliphatic hydroxyl groups excluding tert-OH is 1. The van der Waals surface area contributed by atoms with E-state index in [1.165, 1.54) is 4.90 Å². The van der Waals surface area contributed by atoms with Gasteiger partial charge in [0.05, 0.1) is 30.6 Å². The van der Waals surface area contributed by atoms with Crippen LogP contribution in [0.4, 0.5) is 11.4 Å². The molecule has 3 unspecified atom stereocenters. The van der Waals surface area contributed by atoms with Crippen molar-refractivity contribution in [1.82, 2.24) is 10.2 Å². The van der Waals surface area contributed by atoms with Crippen LogP contribution in [0.25, 0.3) is 0 Å². The van der Waals surface area contributed by atoms with Crippen LogP contribution in [0.3, 0.4) is 0 Å². The van der Waals surface area contributed by atoms with E-state index in [1.807, 2.05) is 68.4 Å². The van der Waals surface area contributed by atoms with E-state index in [9.17, 15) is 19.5 Å². The third-order valence-corrected chi connectivity index (χ3v) is 10.0. The molecule has 2 aromatic rings. The molecule has 3 aliphatic rings. The van der Waals surface area contributed by atoms with Crippen LogP contribution in [0.2, 0.25) is 0 Å². The number of carbonyl (C=O) groups is 3. The van der Waals surface area contributed by atoms with Crippen LogP contribution in [0.5, 0.6) is 0 Å². The highest BCUT2D eigenvalue weighted by molar-refractivity contribution is 9.09. The van der Waals surface area contributed by atoms with Crippen molar-refractivity contribution < 1.29 is 24.2 Å². The molecule has 3 saturated heterocycles. The lowest BCUT2D eigenvalue weighted by Crippen LogP contribution is -2.57. The Morgan fingerprint density at radius 2 is 1.77 bits per heavy atom. The number of alkyl halides is 1. The van der Waals surface area contributed by atoms with Gasteiger partial charge in [0.25, 0.3) is 0 Å². The molecule has 0 aliphatic carbocycles. The van der Waals surface area contributed by atoms with E-state index in [0.717, 1.165) is 24.3 Å². The van der Waals surface area contributed by atoms with Crippen molar-refractivity contribution in [2.75, 3.05) is 29.9 Å². The van der Waals surface area contributed by atoms with Crippen molar-refractivity contribution in [2.45, 2.75) is 75.7 Å². The van der Waals surface area contributed by atoms with E-state index in [4.69, 9.17) is 4.74 Å². The van der Waals surface area contributed by atoms with Gasteiger partial charge in [-0.05, 0) is 62.4 Å². The largest absolute Gasteiger partial charge is 0.394 e. The van der Waals surface area contributed by atoms with E-state index in [1.54, 1.807) is 0 Å². The molecule has 232 valence electrons. The summed E-state index contributed by atoms with van der Waals surface area (Å²) in [7, 11) is 0. The van der Waals surface area contributed by atoms with Crippen molar-refractivity contribution in [1.29, 1.82) is 0 Å². The Hall–Kier alpha value is -2.95. The Morgan fingerprint density at radius 1 is 1.09 bits per heavy atom. The fourth-order valence-electron chi connectivity index (χ4n) is 7.34. The number of nitrogens with one attached hydrogen (secondary N) is 2. The first kappa shape index (κ1) is 31.5. The number of anilines is 2. The van der Waals surface area contributed by atoms with Gasteiger partial charge in [0.2, 0.25) is 17.7 Å². The lowest BCUT2D eigenvalue weighted by atomic mass is 9.70. The number of fused-ring (bicyclic) bond motifs is 1. The number of hydrogen-bond acceptors (Lipinski definition) is 6. The molecule has 9 nitrogen and oxygen atoms in total. The van der Waals surface area contributed by atoms with Gasteiger partial charge in [-0.2, -0.15) is 0 Å². The van der Waals surface area contributed by atoms with E-state index in [2.05, 4.69) is 45.3 Å². The van der Waals surface area contributed by atoms with E-state index >= 15 is 0 Å². The number of halogens is 1. The maximum absolute atomic E-state index is 14.4. The molecule has 0 aromatic heterocycles. The molecule has 2 aromatic carbocycles. The molecule has 3 amide bonds. The maximum atomic E-state index is 14.4. The van der Waals surface area contributed by atoms with Gasteiger partial charge in [0.15, 0.2) is 0 Å². The summed E-state index contributed by atoms with van der Waals surface area (Å²) >= 11 is 3.72. The molecular weight excluding hydrogens is 612 g/mol. The van der Waals surface area contributed by atoms with Crippen molar-refractivity contribution in [3.63, 3.8) is 0 Å². The number of aliphatic hydroxyl groups is 1. The summed E-state index contributed by atoms with van der Waals surface area (Å²) in [6.45, 7) is 10.0. The number of ether oxygens (including phenoxy) is 1. The second-order valence-electron chi connectivity index (χ2n) is 12.3. The topological polar surface area (TPSA) is 111 Å². The van der Waals surface area contributed by atoms with Crippen molar-refractivity contribution >= 4 is 45.0 Å². The number of amides is 3. The van der Waals surface area contributed by atoms with Gasteiger partial charge in [-0.1, -0.05) is 60.1 Å². The number of rotatable bonds is 12. The number of likely N-dealkylation sites (tertiary alicyclic amines) is 1. The minimum absolute atomic E-state index is 0.172. The lowest BCUT2D eigenvalue weighted by Gasteiger charge is -2.37. The van der Waals surface area contributed by atoms with Gasteiger partial charge >= 0.3 is 0 Å². The van der Waals surface area contributed by atoms with Gasteiger partial charge < -0.3 is 30.3 Å². The smallest absolute Gasteiger partial charge is 0.250 e. The standard InChI is InChI=1S/C33H43BrN4O5/c1-5-37(6-2)23-14-12-22(13-15-23)36-31(41)29-33-17-25(34)28(43-33)26(30(40)35-18-21-10-8-7-9-11-21)27(33)32(42)38(29)24(19-39)16-20(3)4/h7-15,20,24-29,39H,5-6,16-19H2,1-4H3,(H,35,40)(H,36,41)/t24-,25?,26+,27+,28+,29?,33?/m1/s1. The highest BCUT2D eigenvalue weighted by Gasteiger charge is 2.77. The summed E-state index contributed by atoms with van der Waals surface area (Å²) in [6.07, 6.45) is 0.374. The molecule has 2 bridgehead atoms. The predicted molar refractivity (Wildman–Crippen MR) is 170 cm³/mol. The fraction of sp³-hybridized carbons (Fsp3) is 0.545. The first-order valence-corrected chi connectivity index (χ1v) is 16.3. The maximum Gasteiger partial charge on any atom is 0.250 e. The van der Waals surface area contributed by atoms with E-state index < -0.39 is 35.6 Å². The molecule has 0 radical (unpaired) electrons. The highest BCUT2D eigenvalue weighted by Crippen LogP contribution is 2.60. The van der Waals surface area contributed by atoms with E-state index in [-0.39, 0.29) is 35.1 Å². The average Bonchev–Trinajstić information content (AvgIpc) is 3.59. The average molecular weight is 656 g/mol.